The van der Waals surface area contributed by atoms with E-state index in [-0.39, 0.29) is 0 Å². The smallest absolute Gasteiger partial charge is 0.212 e. The molecule has 0 aliphatic carbocycles. The van der Waals surface area contributed by atoms with Crippen LogP contribution in [0, 0.1) is 53.8 Å². The number of pyridine rings is 8. The SMILES string of the molecule is Cc1cc[n+](C)c(-c2cc3nc4ccccn4c3cc2C)c1.[2H]C(C)(C)c1cc[n+](C)c(-c2cc3nc4ccccn4c3cc2C)c1.[2H]C([2H])([2H])c1c[n+](C)c(-c2cc3nc4ccccn4c3cc2C)cc1C.[2H]C([2H])(c1cc[n+](C)c(-c2cc3nc4ccccn4c3cc2C)c1)C(C)(C)C. The normalized spacial score (nSPS) is 13.0. The molecule has 0 bridgehead atoms. The second kappa shape index (κ2) is 25.3. The minimum atomic E-state index is -2.11. The van der Waals surface area contributed by atoms with E-state index in [0.29, 0.717) is 11.1 Å². The molecule has 0 radical (unpaired) electrons. The van der Waals surface area contributed by atoms with Crippen LogP contribution in [0.25, 0.3) is 112 Å². The van der Waals surface area contributed by atoms with Gasteiger partial charge in [0.15, 0.2) is 24.8 Å². The third kappa shape index (κ3) is 12.6. The molecule has 0 fully saturated rings. The molecule has 0 N–H and O–H groups in total. The Morgan fingerprint density at radius 3 is 1.15 bits per heavy atom. The molecule has 16 rings (SSSR count). The number of rotatable bonds is 6. The Bertz CT molecular complexity index is 5920. The lowest BCUT2D eigenvalue weighted by Gasteiger charge is -2.18. The lowest BCUT2D eigenvalue weighted by atomic mass is 9.88. The summed E-state index contributed by atoms with van der Waals surface area (Å²) in [5, 5.41) is 0. The quantitative estimate of drug-likeness (QED) is 0.155. The first-order valence-corrected chi connectivity index (χ1v) is 32.3. The average Bonchev–Trinajstić information content (AvgIpc) is 1.75. The minimum Gasteiger partial charge on any atom is -0.300 e. The number of aryl methyl sites for hydroxylation is 11. The molecule has 0 saturated carbocycles. The maximum absolute atomic E-state index is 8.65. The number of hydrogen-bond donors (Lipinski definition) is 0. The third-order valence-corrected chi connectivity index (χ3v) is 17.9. The second-order valence-electron chi connectivity index (χ2n) is 26.6. The van der Waals surface area contributed by atoms with Crippen LogP contribution < -0.4 is 18.3 Å². The molecule has 0 aliphatic heterocycles. The van der Waals surface area contributed by atoms with E-state index in [0.717, 1.165) is 123 Å². The van der Waals surface area contributed by atoms with Gasteiger partial charge in [-0.2, -0.15) is 0 Å². The van der Waals surface area contributed by atoms with Gasteiger partial charge in [0.25, 0.3) is 0 Å². The van der Waals surface area contributed by atoms with Crippen molar-refractivity contribution in [1.82, 2.24) is 37.5 Å². The average molecular weight is 1260 g/mol. The van der Waals surface area contributed by atoms with E-state index in [1.165, 1.54) is 27.9 Å². The highest BCUT2D eigenvalue weighted by molar-refractivity contribution is 5.90. The van der Waals surface area contributed by atoms with Crippen LogP contribution in [0.3, 0.4) is 0 Å². The molecule has 4 aromatic carbocycles. The summed E-state index contributed by atoms with van der Waals surface area (Å²) in [5.74, 6) is -0.621. The van der Waals surface area contributed by atoms with E-state index in [1.54, 1.807) is 6.20 Å². The van der Waals surface area contributed by atoms with Crippen molar-refractivity contribution < 1.29 is 26.5 Å². The van der Waals surface area contributed by atoms with Gasteiger partial charge < -0.3 is 0 Å². The van der Waals surface area contributed by atoms with Crippen LogP contribution in [-0.2, 0) is 34.6 Å². The van der Waals surface area contributed by atoms with Crippen LogP contribution >= 0.6 is 0 Å². The molecule has 0 atom stereocenters. The van der Waals surface area contributed by atoms with E-state index in [9.17, 15) is 0 Å². The zero-order valence-electron chi connectivity index (χ0n) is 63.1. The van der Waals surface area contributed by atoms with Crippen molar-refractivity contribution in [1.29, 1.82) is 0 Å². The van der Waals surface area contributed by atoms with Gasteiger partial charge in [-0.1, -0.05) is 58.9 Å². The maximum Gasteiger partial charge on any atom is 0.212 e. The molecule has 0 amide bonds. The monoisotopic (exact) mass is 1260 g/mol. The molecule has 12 heteroatoms. The minimum absolute atomic E-state index is 0.384. The largest absolute Gasteiger partial charge is 0.300 e. The summed E-state index contributed by atoms with van der Waals surface area (Å²) in [5.41, 5.74) is 29.3. The van der Waals surface area contributed by atoms with E-state index in [4.69, 9.17) is 28.2 Å². The summed E-state index contributed by atoms with van der Waals surface area (Å²) >= 11 is 0. The molecule has 16 aromatic rings. The topological polar surface area (TPSA) is 84.7 Å². The van der Waals surface area contributed by atoms with E-state index >= 15 is 0 Å². The zero-order valence-corrected chi connectivity index (χ0v) is 57.1. The highest BCUT2D eigenvalue weighted by atomic mass is 15.0. The molecule has 0 spiro atoms. The zero-order chi connectivity index (χ0) is 71.9. The van der Waals surface area contributed by atoms with Gasteiger partial charge in [0.1, 0.15) is 50.8 Å². The van der Waals surface area contributed by atoms with E-state index in [2.05, 4.69) is 148 Å². The summed E-state index contributed by atoms with van der Waals surface area (Å²) in [6, 6.07) is 55.7. The van der Waals surface area contributed by atoms with Crippen LogP contribution in [0.2, 0.25) is 0 Å². The molecule has 12 aromatic heterocycles. The summed E-state index contributed by atoms with van der Waals surface area (Å²) in [4.78, 5) is 19.0. The van der Waals surface area contributed by atoms with Gasteiger partial charge in [0, 0.05) is 81.0 Å². The number of aromatic nitrogens is 12. The lowest BCUT2D eigenvalue weighted by molar-refractivity contribution is -0.660. The van der Waals surface area contributed by atoms with Crippen molar-refractivity contribution in [3.05, 3.63) is 263 Å². The molecule has 12 nitrogen and oxygen atoms in total. The maximum atomic E-state index is 8.65. The van der Waals surface area contributed by atoms with Crippen LogP contribution in [0.15, 0.2) is 213 Å². The summed E-state index contributed by atoms with van der Waals surface area (Å²) in [7, 11) is 8.02. The number of benzene rings is 4. The Morgan fingerprint density at radius 2 is 0.768 bits per heavy atom. The van der Waals surface area contributed by atoms with Crippen LogP contribution in [0.5, 0.6) is 0 Å². The Labute approximate surface area is 565 Å². The highest BCUT2D eigenvalue weighted by Crippen LogP contribution is 2.33. The molecular weight excluding hydrogens is 1160 g/mol. The van der Waals surface area contributed by atoms with Gasteiger partial charge in [-0.15, -0.1) is 0 Å². The highest BCUT2D eigenvalue weighted by Gasteiger charge is 2.23. The molecule has 0 unspecified atom stereocenters. The summed E-state index contributed by atoms with van der Waals surface area (Å²) < 4.78 is 65.4. The van der Waals surface area contributed by atoms with Crippen molar-refractivity contribution in [2.24, 2.45) is 33.6 Å². The molecule has 95 heavy (non-hydrogen) atoms. The first-order valence-electron chi connectivity index (χ1n) is 35.3. The summed E-state index contributed by atoms with van der Waals surface area (Å²) in [6.07, 6.45) is 14.5. The number of nitrogens with zero attached hydrogens (tertiary/aromatic N) is 12. The fourth-order valence-corrected chi connectivity index (χ4v) is 12.8. The van der Waals surface area contributed by atoms with Crippen molar-refractivity contribution in [2.75, 3.05) is 0 Å². The van der Waals surface area contributed by atoms with Gasteiger partial charge in [0.05, 0.1) is 66.4 Å². The Kier molecular flexibility index (Phi) is 14.9. The van der Waals surface area contributed by atoms with E-state index < -0.39 is 24.5 Å². The van der Waals surface area contributed by atoms with E-state index in [1.807, 2.05) is 200 Å². The predicted molar refractivity (Wildman–Crippen MR) is 388 cm³/mol. The summed E-state index contributed by atoms with van der Waals surface area (Å²) in [6.45, 7) is 20.0. The Morgan fingerprint density at radius 1 is 0.411 bits per heavy atom. The molecule has 0 aliphatic rings. The first-order chi connectivity index (χ1) is 47.8. The Balaban J connectivity index is 0.000000121. The molecule has 0 saturated heterocycles. The van der Waals surface area contributed by atoms with Gasteiger partial charge in [0.2, 0.25) is 22.8 Å². The van der Waals surface area contributed by atoms with Gasteiger partial charge in [-0.05, 0) is 208 Å². The van der Waals surface area contributed by atoms with Crippen LogP contribution in [0.4, 0.5) is 0 Å². The molecular formula is C83H86N12+4. The molecule has 474 valence electrons. The lowest BCUT2D eigenvalue weighted by Crippen LogP contribution is -2.31. The van der Waals surface area contributed by atoms with Crippen molar-refractivity contribution >= 4 is 66.7 Å². The van der Waals surface area contributed by atoms with Crippen LogP contribution in [-0.4, -0.2) is 37.5 Å². The Hall–Kier alpha value is -10.7. The standard InChI is InChI=1S/C23H26N3.C21H22N3.C20H20N3.C19H18N3/c1-16-12-21-19(24-22-8-6-7-10-26(21)22)14-18(16)20-13-17(9-11-25(20)5)15-23(2,3)4;1-14(2)16-8-10-23(4)19(12-16)17-13-18-20(11-15(17)3)24-9-6-5-7-21(24)22-18;1-13-9-18(22(4)12-15(13)3)16-11-17-19(10-14(16)2)23-8-6-5-7-20(23)21-17;1-13-7-9-21(3)17(10-13)15-12-16-18(11-14(15)2)22-8-5-4-6-19(22)20-16/h6-14H,15H2,1-5H3;5-14H,1-4H3;5-12H,1-4H3;4-12H,1-3H3/q4*+1/i15D2;14D;3D3;. The van der Waals surface area contributed by atoms with Crippen molar-refractivity contribution in [3.8, 4) is 45.0 Å². The third-order valence-electron chi connectivity index (χ3n) is 17.9. The number of imidazole rings is 4. The number of fused-ring (bicyclic) bond motifs is 12. The van der Waals surface area contributed by atoms with Gasteiger partial charge in [-0.25, -0.2) is 38.2 Å². The van der Waals surface area contributed by atoms with Crippen molar-refractivity contribution in [3.63, 3.8) is 0 Å². The fraction of sp³-hybridized carbons (Fsp3) is 0.229. The number of hydrogen-bond acceptors (Lipinski definition) is 4. The molecule has 12 heterocycles. The van der Waals surface area contributed by atoms with Crippen LogP contribution in [0.1, 0.15) is 98.8 Å². The fourth-order valence-electron chi connectivity index (χ4n) is 12.8. The van der Waals surface area contributed by atoms with Gasteiger partial charge >= 0.3 is 0 Å². The second-order valence-corrected chi connectivity index (χ2v) is 26.6. The predicted octanol–water partition coefficient (Wildman–Crippen LogP) is 16.8. The van der Waals surface area contributed by atoms with Gasteiger partial charge in [-0.3, -0.25) is 17.6 Å². The van der Waals surface area contributed by atoms with Crippen molar-refractivity contribution in [2.45, 2.75) is 95.3 Å². The first kappa shape index (κ1) is 55.9.